The van der Waals surface area contributed by atoms with Crippen LogP contribution in [0.4, 0.5) is 4.79 Å². The highest BCUT2D eigenvalue weighted by Gasteiger charge is 2.32. The smallest absolute Gasteiger partial charge is 0.408 e. The fraction of sp³-hybridized carbons (Fsp3) is 0.500. The van der Waals surface area contributed by atoms with Gasteiger partial charge in [-0.2, -0.15) is 0 Å². The predicted octanol–water partition coefficient (Wildman–Crippen LogP) is 2.17. The van der Waals surface area contributed by atoms with Crippen LogP contribution in [0.15, 0.2) is 67.4 Å². The number of carbonyl (C=O) groups excluding carboxylic acids is 4. The molecule has 272 valence electrons. The van der Waals surface area contributed by atoms with Gasteiger partial charge < -0.3 is 41.2 Å². The molecule has 2 aromatic heterocycles. The Morgan fingerprint density at radius 3 is 2.16 bits per heavy atom. The molecule has 14 nitrogen and oxygen atoms in total. The Morgan fingerprint density at radius 2 is 1.54 bits per heavy atom. The molecule has 1 aromatic carbocycles. The van der Waals surface area contributed by atoms with E-state index in [-0.39, 0.29) is 44.3 Å². The average Bonchev–Trinajstić information content (AvgIpc) is 3.62. The van der Waals surface area contributed by atoms with Gasteiger partial charge in [-0.15, -0.1) is 0 Å². The number of aliphatic hydroxyl groups is 2. The van der Waals surface area contributed by atoms with Gasteiger partial charge in [0.05, 0.1) is 43.2 Å². The first-order valence-electron chi connectivity index (χ1n) is 17.0. The van der Waals surface area contributed by atoms with Gasteiger partial charge in [0, 0.05) is 31.4 Å². The first-order chi connectivity index (χ1) is 24.0. The molecule has 0 aliphatic heterocycles. The topological polar surface area (TPSA) is 208 Å². The van der Waals surface area contributed by atoms with E-state index in [0.717, 1.165) is 12.0 Å². The lowest BCUT2D eigenvalue weighted by atomic mass is 9.95. The largest absolute Gasteiger partial charge is 0.445 e. The number of rotatable bonds is 20. The normalized spacial score (nSPS) is 14.8. The molecule has 3 unspecified atom stereocenters. The second-order valence-electron chi connectivity index (χ2n) is 12.9. The first-order valence-corrected chi connectivity index (χ1v) is 17.0. The molecule has 3 rings (SSSR count). The van der Waals surface area contributed by atoms with E-state index in [0.29, 0.717) is 17.7 Å². The van der Waals surface area contributed by atoms with Crippen molar-refractivity contribution in [1.82, 2.24) is 36.2 Å². The number of hydrogen-bond donors (Lipinski definition) is 7. The Balaban J connectivity index is 1.77. The number of hydrogen-bond acceptors (Lipinski definition) is 9. The van der Waals surface area contributed by atoms with Gasteiger partial charge in [-0.3, -0.25) is 19.4 Å². The lowest BCUT2D eigenvalue weighted by Gasteiger charge is -2.29. The lowest BCUT2D eigenvalue weighted by molar-refractivity contribution is -0.131. The van der Waals surface area contributed by atoms with Crippen LogP contribution in [-0.2, 0) is 38.6 Å². The summed E-state index contributed by atoms with van der Waals surface area (Å²) in [5.41, 5.74) is 1.98. The van der Waals surface area contributed by atoms with Gasteiger partial charge in [0.1, 0.15) is 18.7 Å². The second-order valence-corrected chi connectivity index (χ2v) is 12.9. The minimum atomic E-state index is -1.25. The highest BCUT2D eigenvalue weighted by molar-refractivity contribution is 5.91. The van der Waals surface area contributed by atoms with Gasteiger partial charge >= 0.3 is 6.09 Å². The molecule has 0 aliphatic rings. The number of carbonyl (C=O) groups is 4. The summed E-state index contributed by atoms with van der Waals surface area (Å²) >= 11 is 0. The summed E-state index contributed by atoms with van der Waals surface area (Å²) in [5, 5.41) is 31.9. The number of ether oxygens (including phenoxy) is 1. The Morgan fingerprint density at radius 1 is 0.860 bits per heavy atom. The average molecular weight is 694 g/mol. The second kappa shape index (κ2) is 20.6. The van der Waals surface area contributed by atoms with Crippen molar-refractivity contribution in [2.75, 3.05) is 6.61 Å². The maximum Gasteiger partial charge on any atom is 0.408 e. The molecule has 3 aromatic rings. The molecule has 50 heavy (non-hydrogen) atoms. The van der Waals surface area contributed by atoms with Crippen LogP contribution >= 0.6 is 0 Å². The molecule has 0 saturated carbocycles. The SMILES string of the molecule is CCC(C)[C@@H](CO)NC(=O)CC(O)C(CC(C)C)NC(=O)[C@H](Cc1c[nH]cn1)NC(=O)[C@H](Cc1ccncc1)NC(=O)OCc1ccccc1. The zero-order valence-corrected chi connectivity index (χ0v) is 29.2. The number of imidazole rings is 1. The van der Waals surface area contributed by atoms with Crippen molar-refractivity contribution in [2.45, 2.75) is 96.7 Å². The van der Waals surface area contributed by atoms with Crippen LogP contribution < -0.4 is 21.3 Å². The number of aliphatic hydroxyl groups excluding tert-OH is 2. The Labute approximate surface area is 293 Å². The number of H-pyrrole nitrogens is 1. The van der Waals surface area contributed by atoms with Crippen molar-refractivity contribution in [3.05, 3.63) is 84.2 Å². The Bertz CT molecular complexity index is 1460. The minimum Gasteiger partial charge on any atom is -0.445 e. The molecule has 0 radical (unpaired) electrons. The van der Waals surface area contributed by atoms with E-state index in [1.165, 1.54) is 6.33 Å². The fourth-order valence-electron chi connectivity index (χ4n) is 5.32. The third-order valence-corrected chi connectivity index (χ3v) is 8.40. The van der Waals surface area contributed by atoms with Crippen LogP contribution in [0.2, 0.25) is 0 Å². The zero-order valence-electron chi connectivity index (χ0n) is 29.2. The summed E-state index contributed by atoms with van der Waals surface area (Å²) in [5.74, 6) is -1.63. The van der Waals surface area contributed by atoms with Crippen LogP contribution in [0.5, 0.6) is 0 Å². The van der Waals surface area contributed by atoms with E-state index in [4.69, 9.17) is 4.74 Å². The molecule has 14 heteroatoms. The highest BCUT2D eigenvalue weighted by atomic mass is 16.5. The molecule has 2 heterocycles. The van der Waals surface area contributed by atoms with E-state index in [1.54, 1.807) is 42.9 Å². The van der Waals surface area contributed by atoms with E-state index in [9.17, 15) is 29.4 Å². The van der Waals surface area contributed by atoms with Crippen molar-refractivity contribution >= 4 is 23.8 Å². The third-order valence-electron chi connectivity index (χ3n) is 8.40. The van der Waals surface area contributed by atoms with Crippen LogP contribution in [0, 0.1) is 11.8 Å². The van der Waals surface area contributed by atoms with E-state index in [2.05, 4.69) is 36.2 Å². The molecule has 6 atom stereocenters. The molecule has 0 bridgehead atoms. The van der Waals surface area contributed by atoms with Gasteiger partial charge in [-0.05, 0) is 41.5 Å². The summed E-state index contributed by atoms with van der Waals surface area (Å²) < 4.78 is 5.37. The lowest BCUT2D eigenvalue weighted by Crippen LogP contribution is -2.57. The van der Waals surface area contributed by atoms with E-state index >= 15 is 0 Å². The molecule has 0 spiro atoms. The standard InChI is InChI=1S/C36H51N7O7/c1-5-24(4)31(20-44)40-33(46)18-32(45)28(15-23(2)3)41-35(48)30(17-27-19-38-22-39-27)42-34(47)29(16-25-11-13-37-14-12-25)43-36(49)50-21-26-9-7-6-8-10-26/h6-14,19,22-24,28-32,44-45H,5,15-18,20-21H2,1-4H3,(H,38,39)(H,40,46)(H,41,48)(H,42,47)(H,43,49)/t24?,28?,29-,30-,31+,32?/m0/s1. The highest BCUT2D eigenvalue weighted by Crippen LogP contribution is 2.14. The summed E-state index contributed by atoms with van der Waals surface area (Å²) in [7, 11) is 0. The molecule has 4 amide bonds. The van der Waals surface area contributed by atoms with Gasteiger partial charge in [0.2, 0.25) is 17.7 Å². The van der Waals surface area contributed by atoms with Crippen molar-refractivity contribution in [2.24, 2.45) is 11.8 Å². The summed E-state index contributed by atoms with van der Waals surface area (Å²) in [4.78, 5) is 64.5. The summed E-state index contributed by atoms with van der Waals surface area (Å²) in [6, 6.07) is 8.95. The molecule has 0 aliphatic carbocycles. The van der Waals surface area contributed by atoms with Crippen molar-refractivity contribution in [3.63, 3.8) is 0 Å². The first kappa shape index (κ1) is 39.6. The van der Waals surface area contributed by atoms with Gasteiger partial charge in [0.25, 0.3) is 0 Å². The Kier molecular flexibility index (Phi) is 16.4. The number of pyridine rings is 1. The Hall–Kier alpha value is -4.82. The quantitative estimate of drug-likeness (QED) is 0.0924. The number of benzene rings is 1. The fourth-order valence-corrected chi connectivity index (χ4v) is 5.32. The van der Waals surface area contributed by atoms with Crippen molar-refractivity contribution in [1.29, 1.82) is 0 Å². The number of amides is 4. The molecule has 0 saturated heterocycles. The number of aromatic nitrogens is 3. The van der Waals surface area contributed by atoms with Crippen LogP contribution in [0.1, 0.15) is 63.8 Å². The van der Waals surface area contributed by atoms with E-state index < -0.39 is 54.1 Å². The molecule has 7 N–H and O–H groups in total. The molecule has 0 fully saturated rings. The summed E-state index contributed by atoms with van der Waals surface area (Å²) in [6.07, 6.45) is 5.00. The number of aromatic amines is 1. The van der Waals surface area contributed by atoms with Crippen LogP contribution in [-0.4, -0.2) is 85.9 Å². The molecular formula is C36H51N7O7. The van der Waals surface area contributed by atoms with Crippen molar-refractivity contribution in [3.8, 4) is 0 Å². The van der Waals surface area contributed by atoms with Gasteiger partial charge in [-0.1, -0.05) is 64.4 Å². The monoisotopic (exact) mass is 693 g/mol. The number of nitrogens with zero attached hydrogens (tertiary/aromatic N) is 2. The molecular weight excluding hydrogens is 642 g/mol. The van der Waals surface area contributed by atoms with Gasteiger partial charge in [0.15, 0.2) is 0 Å². The van der Waals surface area contributed by atoms with Gasteiger partial charge in [-0.25, -0.2) is 9.78 Å². The number of alkyl carbamates (subject to hydrolysis) is 1. The maximum atomic E-state index is 13.9. The third kappa shape index (κ3) is 13.6. The number of nitrogens with one attached hydrogen (secondary N) is 5. The van der Waals surface area contributed by atoms with E-state index in [1.807, 2.05) is 45.9 Å². The van der Waals surface area contributed by atoms with Crippen molar-refractivity contribution < 1.29 is 34.1 Å². The summed E-state index contributed by atoms with van der Waals surface area (Å²) in [6.45, 7) is 7.47. The van der Waals surface area contributed by atoms with Crippen LogP contribution in [0.25, 0.3) is 0 Å². The maximum absolute atomic E-state index is 13.9. The predicted molar refractivity (Wildman–Crippen MR) is 186 cm³/mol. The minimum absolute atomic E-state index is 0.000427. The zero-order chi connectivity index (χ0) is 36.5. The van der Waals surface area contributed by atoms with Crippen LogP contribution in [0.3, 0.4) is 0 Å².